The van der Waals surface area contributed by atoms with Gasteiger partial charge in [-0.3, -0.25) is 14.2 Å². The Labute approximate surface area is 230 Å². The van der Waals surface area contributed by atoms with E-state index in [0.717, 1.165) is 5.56 Å². The van der Waals surface area contributed by atoms with Gasteiger partial charge in [-0.25, -0.2) is 4.99 Å². The molecular weight excluding hydrogens is 551 g/mol. The quantitative estimate of drug-likeness (QED) is 0.331. The third kappa shape index (κ3) is 4.02. The lowest BCUT2D eigenvalue weighted by molar-refractivity contribution is -0.158. The Morgan fingerprint density at radius 1 is 1.18 bits per heavy atom. The second-order valence-electron chi connectivity index (χ2n) is 8.97. The van der Waals surface area contributed by atoms with E-state index < -0.39 is 23.7 Å². The van der Waals surface area contributed by atoms with Crippen LogP contribution in [0.15, 0.2) is 68.8 Å². The molecule has 0 saturated heterocycles. The molecule has 0 amide bonds. The summed E-state index contributed by atoms with van der Waals surface area (Å²) in [4.78, 5) is 31.7. The van der Waals surface area contributed by atoms with Crippen molar-refractivity contribution in [3.05, 3.63) is 101 Å². The Balaban J connectivity index is 1.38. The molecule has 2 aliphatic rings. The number of carbonyl (C=O) groups is 1. The molecule has 0 N–H and O–H groups in total. The van der Waals surface area contributed by atoms with Crippen LogP contribution in [0.1, 0.15) is 30.0 Å². The third-order valence-electron chi connectivity index (χ3n) is 6.58. The van der Waals surface area contributed by atoms with Crippen LogP contribution < -0.4 is 24.4 Å². The number of aromatic nitrogens is 1. The normalized spacial score (nSPS) is 21.6. The number of hydrogen-bond donors (Lipinski definition) is 0. The van der Waals surface area contributed by atoms with Gasteiger partial charge in [0.15, 0.2) is 4.80 Å². The zero-order valence-electron chi connectivity index (χ0n) is 20.1. The molecule has 2 aromatic heterocycles. The Kier molecular flexibility index (Phi) is 6.09. The van der Waals surface area contributed by atoms with Gasteiger partial charge in [-0.15, -0.1) is 0 Å². The van der Waals surface area contributed by atoms with Gasteiger partial charge in [0.05, 0.1) is 22.7 Å². The molecule has 2 aliphatic heterocycles. The molecule has 3 atom stereocenters. The number of thiazole rings is 1. The van der Waals surface area contributed by atoms with Crippen molar-refractivity contribution in [3.8, 4) is 11.5 Å². The van der Waals surface area contributed by atoms with Gasteiger partial charge >= 0.3 is 5.97 Å². The molecule has 0 aliphatic carbocycles. The van der Waals surface area contributed by atoms with Crippen LogP contribution in [0, 0.1) is 5.92 Å². The number of hydrogen-bond acceptors (Lipinski definition) is 8. The van der Waals surface area contributed by atoms with Crippen molar-refractivity contribution in [2.75, 3.05) is 7.11 Å². The lowest BCUT2D eigenvalue weighted by Crippen LogP contribution is -2.58. The number of para-hydroxylation sites is 1. The number of furan rings is 1. The van der Waals surface area contributed by atoms with E-state index in [4.69, 9.17) is 46.8 Å². The zero-order valence-corrected chi connectivity index (χ0v) is 22.5. The first-order valence-electron chi connectivity index (χ1n) is 11.6. The number of benzene rings is 2. The summed E-state index contributed by atoms with van der Waals surface area (Å²) in [6, 6.07) is 15.3. The second-order valence-corrected chi connectivity index (χ2v) is 10.8. The monoisotopic (exact) mass is 570 g/mol. The summed E-state index contributed by atoms with van der Waals surface area (Å²) >= 11 is 13.4. The van der Waals surface area contributed by atoms with Gasteiger partial charge in [-0.1, -0.05) is 58.8 Å². The maximum absolute atomic E-state index is 13.7. The molecule has 6 rings (SSSR count). The molecule has 0 fully saturated rings. The van der Waals surface area contributed by atoms with E-state index in [1.54, 1.807) is 47.9 Å². The van der Waals surface area contributed by atoms with E-state index in [1.807, 2.05) is 24.3 Å². The Hall–Kier alpha value is -3.53. The largest absolute Gasteiger partial charge is 0.484 e. The van der Waals surface area contributed by atoms with Crippen molar-refractivity contribution >= 4 is 46.6 Å². The molecule has 2 aromatic carbocycles. The lowest BCUT2D eigenvalue weighted by atomic mass is 9.81. The van der Waals surface area contributed by atoms with Crippen LogP contribution in [0.4, 0.5) is 0 Å². The van der Waals surface area contributed by atoms with Crippen molar-refractivity contribution in [2.45, 2.75) is 25.3 Å². The molecule has 38 heavy (non-hydrogen) atoms. The number of esters is 1. The molecule has 4 heterocycles. The summed E-state index contributed by atoms with van der Waals surface area (Å²) in [5.74, 6) is 0.686. The number of rotatable bonds is 5. The van der Waals surface area contributed by atoms with Crippen molar-refractivity contribution in [1.82, 2.24) is 4.57 Å². The smallest absolute Gasteiger partial charge is 0.317 e. The van der Waals surface area contributed by atoms with Crippen molar-refractivity contribution in [1.29, 1.82) is 0 Å². The van der Waals surface area contributed by atoms with Crippen LogP contribution in [0.2, 0.25) is 10.0 Å². The fourth-order valence-electron chi connectivity index (χ4n) is 4.85. The number of ether oxygens (including phenoxy) is 3. The van der Waals surface area contributed by atoms with Gasteiger partial charge in [0, 0.05) is 11.6 Å². The summed E-state index contributed by atoms with van der Waals surface area (Å²) in [6.45, 7) is 1.86. The van der Waals surface area contributed by atoms with E-state index in [9.17, 15) is 9.59 Å². The minimum Gasteiger partial charge on any atom is -0.484 e. The average Bonchev–Trinajstić information content (AvgIpc) is 3.47. The van der Waals surface area contributed by atoms with Gasteiger partial charge in [0.1, 0.15) is 40.6 Å². The van der Waals surface area contributed by atoms with Crippen LogP contribution in [0.5, 0.6) is 11.5 Å². The molecule has 2 bridgehead atoms. The first-order chi connectivity index (χ1) is 18.3. The van der Waals surface area contributed by atoms with Crippen LogP contribution in [-0.4, -0.2) is 23.4 Å². The Morgan fingerprint density at radius 2 is 2.00 bits per heavy atom. The van der Waals surface area contributed by atoms with Crippen molar-refractivity contribution < 1.29 is 23.4 Å². The zero-order chi connectivity index (χ0) is 26.6. The fraction of sp³-hybridized carbons (Fsp3) is 0.222. The van der Waals surface area contributed by atoms with Crippen LogP contribution >= 0.6 is 34.5 Å². The number of methoxy groups -OCH3 is 1. The number of carbonyl (C=O) groups excluding carboxylic acids is 1. The third-order valence-corrected chi connectivity index (χ3v) is 8.36. The van der Waals surface area contributed by atoms with Crippen LogP contribution in [-0.2, 0) is 16.1 Å². The molecule has 0 spiro atoms. The molecule has 0 saturated carbocycles. The first-order valence-corrected chi connectivity index (χ1v) is 13.2. The van der Waals surface area contributed by atoms with E-state index in [1.165, 1.54) is 18.4 Å². The molecule has 8 nitrogen and oxygen atoms in total. The maximum Gasteiger partial charge on any atom is 0.317 e. The fourth-order valence-corrected chi connectivity index (χ4v) is 6.28. The number of fused-ring (bicyclic) bond motifs is 6. The second kappa shape index (κ2) is 9.34. The topological polar surface area (TPSA) is 92.3 Å². The highest BCUT2D eigenvalue weighted by Crippen LogP contribution is 2.47. The summed E-state index contributed by atoms with van der Waals surface area (Å²) < 4.78 is 24.9. The molecule has 4 aromatic rings. The minimum absolute atomic E-state index is 0.124. The van der Waals surface area contributed by atoms with E-state index in [-0.39, 0.29) is 12.2 Å². The minimum atomic E-state index is -1.22. The highest BCUT2D eigenvalue weighted by molar-refractivity contribution is 7.07. The van der Waals surface area contributed by atoms with Crippen LogP contribution in [0.25, 0.3) is 6.08 Å². The Bertz CT molecular complexity index is 1760. The highest BCUT2D eigenvalue weighted by atomic mass is 35.5. The van der Waals surface area contributed by atoms with E-state index >= 15 is 0 Å². The predicted octanol–water partition coefficient (Wildman–Crippen LogP) is 4.34. The first kappa shape index (κ1) is 24.8. The molecule has 11 heteroatoms. The maximum atomic E-state index is 13.7. The number of halogens is 2. The highest BCUT2D eigenvalue weighted by Gasteiger charge is 2.55. The van der Waals surface area contributed by atoms with Crippen molar-refractivity contribution in [2.24, 2.45) is 10.9 Å². The lowest BCUT2D eigenvalue weighted by Gasteiger charge is -2.44. The molecular formula is C27H20Cl2N2O6S. The molecule has 194 valence electrons. The van der Waals surface area contributed by atoms with E-state index in [0.29, 0.717) is 42.4 Å². The average molecular weight is 571 g/mol. The SMILES string of the molecule is COC(=O)[C@@H]1[C@H]2c3ccccc3O[C@@]1(C)N=c1sc(=Cc3ccc(COc4cccc(Cl)c4Cl)o3)c(=O)n12. The summed E-state index contributed by atoms with van der Waals surface area (Å²) in [7, 11) is 1.32. The summed E-state index contributed by atoms with van der Waals surface area (Å²) in [5.41, 5.74) is -0.788. The van der Waals surface area contributed by atoms with Gasteiger partial charge in [0.25, 0.3) is 5.56 Å². The van der Waals surface area contributed by atoms with Gasteiger partial charge in [-0.05, 0) is 37.3 Å². The Morgan fingerprint density at radius 3 is 2.82 bits per heavy atom. The van der Waals surface area contributed by atoms with Crippen molar-refractivity contribution in [3.63, 3.8) is 0 Å². The molecule has 0 radical (unpaired) electrons. The van der Waals surface area contributed by atoms with Gasteiger partial charge in [-0.2, -0.15) is 0 Å². The number of nitrogens with zero attached hydrogens (tertiary/aromatic N) is 2. The van der Waals surface area contributed by atoms with Gasteiger partial charge in [0.2, 0.25) is 5.72 Å². The van der Waals surface area contributed by atoms with Crippen LogP contribution in [0.3, 0.4) is 0 Å². The van der Waals surface area contributed by atoms with E-state index in [2.05, 4.69) is 0 Å². The summed E-state index contributed by atoms with van der Waals surface area (Å²) in [6.07, 6.45) is 1.65. The standard InChI is InChI=1S/C27H20Cl2N2O6S/c1-27-21(25(33)34-2)23(16-6-3-4-8-18(16)37-27)31-24(32)20(38-26(31)30-27)12-14-10-11-15(36-14)13-35-19-9-5-7-17(28)22(19)29/h3-12,21,23H,13H2,1-2H3/t21-,23+,27+/m0/s1. The predicted molar refractivity (Wildman–Crippen MR) is 142 cm³/mol. The summed E-state index contributed by atoms with van der Waals surface area (Å²) in [5, 5.41) is 0.717. The van der Waals surface area contributed by atoms with Gasteiger partial charge < -0.3 is 18.6 Å². The molecule has 0 unspecified atom stereocenters.